The minimum absolute atomic E-state index is 0.689. The van der Waals surface area contributed by atoms with E-state index in [9.17, 15) is 0 Å². The molecule has 1 fully saturated rings. The van der Waals surface area contributed by atoms with E-state index in [0.717, 1.165) is 36.0 Å². The molecule has 3 aromatic rings. The van der Waals surface area contributed by atoms with Crippen LogP contribution in [0.1, 0.15) is 19.3 Å². The maximum absolute atomic E-state index is 6.49. The van der Waals surface area contributed by atoms with Crippen LogP contribution in [0.4, 0.5) is 17.1 Å². The highest BCUT2D eigenvalue weighted by molar-refractivity contribution is 6.30. The Morgan fingerprint density at radius 3 is 2.07 bits per heavy atom. The van der Waals surface area contributed by atoms with Crippen LogP contribution < -0.4 is 20.5 Å². The van der Waals surface area contributed by atoms with Crippen LogP contribution in [-0.2, 0) is 0 Å². The third kappa shape index (κ3) is 4.24. The summed E-state index contributed by atoms with van der Waals surface area (Å²) in [5.74, 6) is 8.00. The van der Waals surface area contributed by atoms with Crippen LogP contribution in [0, 0.1) is 0 Å². The van der Waals surface area contributed by atoms with Gasteiger partial charge in [-0.1, -0.05) is 23.7 Å². The van der Waals surface area contributed by atoms with Crippen molar-refractivity contribution in [1.82, 2.24) is 0 Å². The Balaban J connectivity index is 1.52. The van der Waals surface area contributed by atoms with E-state index in [2.05, 4.69) is 23.1 Å². The minimum atomic E-state index is 0.689. The van der Waals surface area contributed by atoms with E-state index in [1.54, 1.807) is 5.01 Å². The quantitative estimate of drug-likeness (QED) is 0.418. The number of hydrogen-bond donors (Lipinski definition) is 1. The molecule has 0 atom stereocenters. The molecule has 1 heterocycles. The van der Waals surface area contributed by atoms with E-state index >= 15 is 0 Å². The molecule has 2 N–H and O–H groups in total. The Morgan fingerprint density at radius 1 is 0.786 bits per heavy atom. The zero-order chi connectivity index (χ0) is 19.3. The van der Waals surface area contributed by atoms with Gasteiger partial charge in [-0.05, 0) is 79.9 Å². The second-order valence-corrected chi connectivity index (χ2v) is 7.39. The first-order valence-corrected chi connectivity index (χ1v) is 10.0. The van der Waals surface area contributed by atoms with Gasteiger partial charge in [-0.15, -0.1) is 0 Å². The van der Waals surface area contributed by atoms with Crippen LogP contribution in [0.3, 0.4) is 0 Å². The summed E-state index contributed by atoms with van der Waals surface area (Å²) in [6, 6.07) is 23.4. The van der Waals surface area contributed by atoms with Gasteiger partial charge in [0.2, 0.25) is 0 Å². The largest absolute Gasteiger partial charge is 0.457 e. The SMILES string of the molecule is NN(c1ccc(Oc2ccc(Cl)cc2)cc1)c1ccccc1N1CCCCC1. The summed E-state index contributed by atoms with van der Waals surface area (Å²) in [5, 5.41) is 2.43. The van der Waals surface area contributed by atoms with Crippen molar-refractivity contribution in [2.45, 2.75) is 19.3 Å². The van der Waals surface area contributed by atoms with Gasteiger partial charge in [-0.25, -0.2) is 5.84 Å². The predicted molar refractivity (Wildman–Crippen MR) is 117 cm³/mol. The number of hydrazine groups is 1. The lowest BCUT2D eigenvalue weighted by Gasteiger charge is -2.32. The van der Waals surface area contributed by atoms with E-state index in [-0.39, 0.29) is 0 Å². The Morgan fingerprint density at radius 2 is 1.39 bits per heavy atom. The highest BCUT2D eigenvalue weighted by Crippen LogP contribution is 2.34. The van der Waals surface area contributed by atoms with Crippen molar-refractivity contribution in [2.24, 2.45) is 5.84 Å². The van der Waals surface area contributed by atoms with Crippen LogP contribution >= 0.6 is 11.6 Å². The normalized spacial score (nSPS) is 14.0. The first-order chi connectivity index (χ1) is 13.7. The number of piperidine rings is 1. The average molecular weight is 394 g/mol. The van der Waals surface area contributed by atoms with Gasteiger partial charge in [0.25, 0.3) is 0 Å². The van der Waals surface area contributed by atoms with E-state index < -0.39 is 0 Å². The molecule has 0 aromatic heterocycles. The maximum atomic E-state index is 6.49. The Hall–Kier alpha value is -2.69. The zero-order valence-electron chi connectivity index (χ0n) is 15.7. The van der Waals surface area contributed by atoms with Crippen molar-refractivity contribution >= 4 is 28.7 Å². The molecule has 0 aliphatic carbocycles. The molecule has 0 saturated carbocycles. The monoisotopic (exact) mass is 393 g/mol. The minimum Gasteiger partial charge on any atom is -0.457 e. The topological polar surface area (TPSA) is 41.7 Å². The van der Waals surface area contributed by atoms with Crippen LogP contribution in [0.2, 0.25) is 5.02 Å². The summed E-state index contributed by atoms with van der Waals surface area (Å²) in [5.41, 5.74) is 3.11. The highest BCUT2D eigenvalue weighted by atomic mass is 35.5. The van der Waals surface area contributed by atoms with Crippen molar-refractivity contribution in [3.63, 3.8) is 0 Å². The van der Waals surface area contributed by atoms with Gasteiger partial charge in [-0.3, -0.25) is 5.01 Å². The van der Waals surface area contributed by atoms with Crippen LogP contribution in [0.25, 0.3) is 0 Å². The molecule has 0 spiro atoms. The van der Waals surface area contributed by atoms with Gasteiger partial charge < -0.3 is 9.64 Å². The summed E-state index contributed by atoms with van der Waals surface area (Å²) in [4.78, 5) is 2.43. The fourth-order valence-corrected chi connectivity index (χ4v) is 3.65. The molecular formula is C23H24ClN3O. The summed E-state index contributed by atoms with van der Waals surface area (Å²) in [7, 11) is 0. The summed E-state index contributed by atoms with van der Waals surface area (Å²) in [6.45, 7) is 2.16. The van der Waals surface area contributed by atoms with Gasteiger partial charge in [0.15, 0.2) is 0 Å². The molecule has 5 heteroatoms. The Kier molecular flexibility index (Phi) is 5.70. The van der Waals surface area contributed by atoms with Gasteiger partial charge in [-0.2, -0.15) is 0 Å². The molecule has 28 heavy (non-hydrogen) atoms. The zero-order valence-corrected chi connectivity index (χ0v) is 16.5. The number of hydrogen-bond acceptors (Lipinski definition) is 4. The van der Waals surface area contributed by atoms with E-state index in [1.807, 2.05) is 54.6 Å². The first-order valence-electron chi connectivity index (χ1n) is 9.63. The Bertz CT molecular complexity index is 906. The second kappa shape index (κ2) is 8.55. The summed E-state index contributed by atoms with van der Waals surface area (Å²) in [6.07, 6.45) is 3.77. The number of para-hydroxylation sites is 2. The molecule has 0 bridgehead atoms. The summed E-state index contributed by atoms with van der Waals surface area (Å²) >= 11 is 5.92. The van der Waals surface area contributed by atoms with E-state index in [1.165, 1.54) is 24.9 Å². The number of anilines is 3. The number of halogens is 1. The lowest BCUT2D eigenvalue weighted by molar-refractivity contribution is 0.483. The fourth-order valence-electron chi connectivity index (χ4n) is 3.52. The van der Waals surface area contributed by atoms with Crippen molar-refractivity contribution in [1.29, 1.82) is 0 Å². The van der Waals surface area contributed by atoms with Crippen molar-refractivity contribution in [2.75, 3.05) is 23.0 Å². The summed E-state index contributed by atoms with van der Waals surface area (Å²) < 4.78 is 5.87. The van der Waals surface area contributed by atoms with Crippen LogP contribution in [0.15, 0.2) is 72.8 Å². The van der Waals surface area contributed by atoms with E-state index in [0.29, 0.717) is 5.02 Å². The number of benzene rings is 3. The molecular weight excluding hydrogens is 370 g/mol. The molecule has 1 aliphatic rings. The van der Waals surface area contributed by atoms with Crippen molar-refractivity contribution in [3.8, 4) is 11.5 Å². The lowest BCUT2D eigenvalue weighted by Crippen LogP contribution is -2.33. The van der Waals surface area contributed by atoms with Crippen molar-refractivity contribution < 1.29 is 4.74 Å². The molecule has 0 unspecified atom stereocenters. The second-order valence-electron chi connectivity index (χ2n) is 6.96. The highest BCUT2D eigenvalue weighted by Gasteiger charge is 2.17. The van der Waals surface area contributed by atoms with Gasteiger partial charge in [0.1, 0.15) is 11.5 Å². The number of ether oxygens (including phenoxy) is 1. The number of nitrogens with two attached hydrogens (primary N) is 1. The molecule has 4 nitrogen and oxygen atoms in total. The lowest BCUT2D eigenvalue weighted by atomic mass is 10.1. The predicted octanol–water partition coefficient (Wildman–Crippen LogP) is 6.13. The number of nitrogens with zero attached hydrogens (tertiary/aromatic N) is 2. The van der Waals surface area contributed by atoms with Gasteiger partial charge in [0.05, 0.1) is 17.1 Å². The number of rotatable bonds is 5. The third-order valence-corrected chi connectivity index (χ3v) is 5.25. The third-order valence-electron chi connectivity index (χ3n) is 5.00. The molecule has 0 radical (unpaired) electrons. The smallest absolute Gasteiger partial charge is 0.127 e. The standard InChI is InChI=1S/C23H24ClN3O/c24-18-8-12-20(13-9-18)28-21-14-10-19(11-15-21)27(25)23-7-3-2-6-22(23)26-16-4-1-5-17-26/h2-3,6-15H,1,4-5,16-17,25H2. The van der Waals surface area contributed by atoms with Crippen LogP contribution in [-0.4, -0.2) is 13.1 Å². The van der Waals surface area contributed by atoms with Crippen molar-refractivity contribution in [3.05, 3.63) is 77.8 Å². The molecule has 3 aromatic carbocycles. The maximum Gasteiger partial charge on any atom is 0.127 e. The van der Waals surface area contributed by atoms with Gasteiger partial charge >= 0.3 is 0 Å². The van der Waals surface area contributed by atoms with Gasteiger partial charge in [0, 0.05) is 18.1 Å². The van der Waals surface area contributed by atoms with E-state index in [4.69, 9.17) is 22.2 Å². The first kappa shape index (κ1) is 18.7. The fraction of sp³-hybridized carbons (Fsp3) is 0.217. The molecule has 4 rings (SSSR count). The molecule has 1 aliphatic heterocycles. The molecule has 1 saturated heterocycles. The molecule has 144 valence electrons. The molecule has 0 amide bonds. The van der Waals surface area contributed by atoms with Crippen LogP contribution in [0.5, 0.6) is 11.5 Å². The average Bonchev–Trinajstić information content (AvgIpc) is 2.76. The Labute approximate surface area is 171 Å².